The van der Waals surface area contributed by atoms with E-state index in [0.717, 1.165) is 37.0 Å². The summed E-state index contributed by atoms with van der Waals surface area (Å²) < 4.78 is 2.11. The van der Waals surface area contributed by atoms with E-state index in [4.69, 9.17) is 0 Å². The molecule has 0 atom stereocenters. The molecule has 5 heteroatoms. The number of pyridine rings is 1. The van der Waals surface area contributed by atoms with Crippen LogP contribution in [0.1, 0.15) is 12.8 Å². The number of nitrogens with zero attached hydrogens (tertiary/aromatic N) is 4. The standard InChI is InChI=1S/C11H13N5/c1-2-6-12-9(5-1)10-14-15-11-13-7-3-4-8-16(10)11/h1-2,5-6H,3-4,7-8H2,(H,13,15). The number of hydrogen-bond donors (Lipinski definition) is 1. The number of nitrogens with one attached hydrogen (secondary N) is 1. The molecule has 2 aromatic heterocycles. The molecule has 0 saturated carbocycles. The zero-order valence-electron chi connectivity index (χ0n) is 8.93. The van der Waals surface area contributed by atoms with Gasteiger partial charge in [-0.3, -0.25) is 9.55 Å². The average molecular weight is 215 g/mol. The van der Waals surface area contributed by atoms with Gasteiger partial charge in [-0.15, -0.1) is 10.2 Å². The van der Waals surface area contributed by atoms with Crippen LogP contribution in [0.4, 0.5) is 5.95 Å². The SMILES string of the molecule is c1ccc(-c2nnc3n2CCCCN3)nc1. The summed E-state index contributed by atoms with van der Waals surface area (Å²) in [4.78, 5) is 4.31. The first-order chi connectivity index (χ1) is 7.95. The van der Waals surface area contributed by atoms with Crippen molar-refractivity contribution in [2.24, 2.45) is 0 Å². The Balaban J connectivity index is 2.06. The predicted octanol–water partition coefficient (Wildman–Crippen LogP) is 1.55. The van der Waals surface area contributed by atoms with Crippen molar-refractivity contribution in [2.45, 2.75) is 19.4 Å². The maximum Gasteiger partial charge on any atom is 0.224 e. The van der Waals surface area contributed by atoms with Gasteiger partial charge in [-0.2, -0.15) is 0 Å². The molecule has 0 bridgehead atoms. The molecular weight excluding hydrogens is 202 g/mol. The van der Waals surface area contributed by atoms with Gasteiger partial charge in [0.15, 0.2) is 5.82 Å². The van der Waals surface area contributed by atoms with Gasteiger partial charge in [0.05, 0.1) is 0 Å². The van der Waals surface area contributed by atoms with Crippen LogP contribution in [0.5, 0.6) is 0 Å². The van der Waals surface area contributed by atoms with Crippen molar-refractivity contribution in [1.82, 2.24) is 19.7 Å². The van der Waals surface area contributed by atoms with Crippen molar-refractivity contribution in [1.29, 1.82) is 0 Å². The van der Waals surface area contributed by atoms with Crippen LogP contribution in [0.15, 0.2) is 24.4 Å². The monoisotopic (exact) mass is 215 g/mol. The van der Waals surface area contributed by atoms with Gasteiger partial charge in [-0.25, -0.2) is 0 Å². The van der Waals surface area contributed by atoms with Gasteiger partial charge in [0.1, 0.15) is 5.69 Å². The highest BCUT2D eigenvalue weighted by Gasteiger charge is 2.15. The van der Waals surface area contributed by atoms with Crippen LogP contribution in [-0.2, 0) is 6.54 Å². The fourth-order valence-corrected chi connectivity index (χ4v) is 1.93. The third-order valence-electron chi connectivity index (χ3n) is 2.74. The number of aromatic nitrogens is 4. The van der Waals surface area contributed by atoms with E-state index in [0.29, 0.717) is 0 Å². The molecule has 0 aromatic carbocycles. The van der Waals surface area contributed by atoms with E-state index in [1.54, 1.807) is 6.20 Å². The second kappa shape index (κ2) is 3.92. The van der Waals surface area contributed by atoms with Crippen LogP contribution in [0.2, 0.25) is 0 Å². The maximum absolute atomic E-state index is 4.31. The summed E-state index contributed by atoms with van der Waals surface area (Å²) in [5, 5.41) is 11.6. The van der Waals surface area contributed by atoms with Gasteiger partial charge in [0, 0.05) is 19.3 Å². The lowest BCUT2D eigenvalue weighted by Gasteiger charge is -2.05. The maximum atomic E-state index is 4.31. The van der Waals surface area contributed by atoms with E-state index in [-0.39, 0.29) is 0 Å². The van der Waals surface area contributed by atoms with Crippen molar-refractivity contribution in [3.63, 3.8) is 0 Å². The van der Waals surface area contributed by atoms with E-state index >= 15 is 0 Å². The molecule has 1 aliphatic rings. The zero-order valence-corrected chi connectivity index (χ0v) is 8.93. The topological polar surface area (TPSA) is 55.6 Å². The molecule has 16 heavy (non-hydrogen) atoms. The average Bonchev–Trinajstić information content (AvgIpc) is 2.60. The van der Waals surface area contributed by atoms with E-state index < -0.39 is 0 Å². The van der Waals surface area contributed by atoms with Crippen LogP contribution in [0.3, 0.4) is 0 Å². The van der Waals surface area contributed by atoms with Crippen LogP contribution < -0.4 is 5.32 Å². The Labute approximate surface area is 93.5 Å². The van der Waals surface area contributed by atoms with Crippen molar-refractivity contribution in [3.8, 4) is 11.5 Å². The molecular formula is C11H13N5. The summed E-state index contributed by atoms with van der Waals surface area (Å²) in [5.74, 6) is 1.71. The molecule has 1 aliphatic heterocycles. The first-order valence-corrected chi connectivity index (χ1v) is 5.53. The Hall–Kier alpha value is -1.91. The Morgan fingerprint density at radius 3 is 3.06 bits per heavy atom. The fourth-order valence-electron chi connectivity index (χ4n) is 1.93. The molecule has 0 unspecified atom stereocenters. The van der Waals surface area contributed by atoms with E-state index in [9.17, 15) is 0 Å². The van der Waals surface area contributed by atoms with Gasteiger partial charge in [0.2, 0.25) is 5.95 Å². The smallest absolute Gasteiger partial charge is 0.224 e. The van der Waals surface area contributed by atoms with Gasteiger partial charge >= 0.3 is 0 Å². The third kappa shape index (κ3) is 1.54. The minimum absolute atomic E-state index is 0.852. The first kappa shape index (κ1) is 9.33. The van der Waals surface area contributed by atoms with Gasteiger partial charge in [0.25, 0.3) is 0 Å². The molecule has 0 amide bonds. The Bertz CT molecular complexity index is 476. The van der Waals surface area contributed by atoms with E-state index in [1.807, 2.05) is 18.2 Å². The summed E-state index contributed by atoms with van der Waals surface area (Å²) >= 11 is 0. The summed E-state index contributed by atoms with van der Waals surface area (Å²) in [7, 11) is 0. The molecule has 0 aliphatic carbocycles. The van der Waals surface area contributed by atoms with Crippen molar-refractivity contribution in [3.05, 3.63) is 24.4 Å². The second-order valence-corrected chi connectivity index (χ2v) is 3.85. The number of anilines is 1. The number of fused-ring (bicyclic) bond motifs is 1. The number of rotatable bonds is 1. The van der Waals surface area contributed by atoms with Crippen LogP contribution in [-0.4, -0.2) is 26.3 Å². The molecule has 0 saturated heterocycles. The third-order valence-corrected chi connectivity index (χ3v) is 2.74. The van der Waals surface area contributed by atoms with Crippen molar-refractivity contribution in [2.75, 3.05) is 11.9 Å². The van der Waals surface area contributed by atoms with E-state index in [2.05, 4.69) is 25.1 Å². The summed E-state index contributed by atoms with van der Waals surface area (Å²) in [6.07, 6.45) is 4.10. The molecule has 0 spiro atoms. The van der Waals surface area contributed by atoms with Crippen LogP contribution >= 0.6 is 0 Å². The summed E-state index contributed by atoms with van der Waals surface area (Å²) in [6, 6.07) is 5.83. The molecule has 5 nitrogen and oxygen atoms in total. The highest BCUT2D eigenvalue weighted by atomic mass is 15.4. The zero-order chi connectivity index (χ0) is 10.8. The molecule has 3 rings (SSSR count). The van der Waals surface area contributed by atoms with Gasteiger partial charge in [-0.05, 0) is 25.0 Å². The summed E-state index contributed by atoms with van der Waals surface area (Å²) in [6.45, 7) is 1.93. The minimum Gasteiger partial charge on any atom is -0.354 e. The predicted molar refractivity (Wildman–Crippen MR) is 61.0 cm³/mol. The summed E-state index contributed by atoms with van der Waals surface area (Å²) in [5.41, 5.74) is 0.880. The molecule has 1 N–H and O–H groups in total. The lowest BCUT2D eigenvalue weighted by atomic mass is 10.3. The Kier molecular flexibility index (Phi) is 2.29. The Morgan fingerprint density at radius 2 is 2.19 bits per heavy atom. The molecule has 2 aromatic rings. The van der Waals surface area contributed by atoms with Gasteiger partial charge in [-0.1, -0.05) is 6.07 Å². The molecule has 3 heterocycles. The molecule has 0 radical (unpaired) electrons. The molecule has 82 valence electrons. The number of hydrogen-bond acceptors (Lipinski definition) is 4. The largest absolute Gasteiger partial charge is 0.354 e. The van der Waals surface area contributed by atoms with Crippen LogP contribution in [0.25, 0.3) is 11.5 Å². The lowest BCUT2D eigenvalue weighted by molar-refractivity contribution is 0.656. The lowest BCUT2D eigenvalue weighted by Crippen LogP contribution is -2.04. The normalized spacial score (nSPS) is 15.0. The fraction of sp³-hybridized carbons (Fsp3) is 0.364. The Morgan fingerprint density at radius 1 is 1.19 bits per heavy atom. The van der Waals surface area contributed by atoms with Gasteiger partial charge < -0.3 is 5.32 Å². The van der Waals surface area contributed by atoms with Crippen LogP contribution in [0, 0.1) is 0 Å². The van der Waals surface area contributed by atoms with Crippen molar-refractivity contribution < 1.29 is 0 Å². The minimum atomic E-state index is 0.852. The highest BCUT2D eigenvalue weighted by Crippen LogP contribution is 2.20. The quantitative estimate of drug-likeness (QED) is 0.784. The van der Waals surface area contributed by atoms with Crippen molar-refractivity contribution >= 4 is 5.95 Å². The highest BCUT2D eigenvalue weighted by molar-refractivity contribution is 5.52. The molecule has 0 fully saturated rings. The second-order valence-electron chi connectivity index (χ2n) is 3.85. The first-order valence-electron chi connectivity index (χ1n) is 5.53. The van der Waals surface area contributed by atoms with E-state index in [1.165, 1.54) is 6.42 Å².